The van der Waals surface area contributed by atoms with Crippen molar-refractivity contribution in [3.8, 4) is 0 Å². The van der Waals surface area contributed by atoms with Gasteiger partial charge in [-0.2, -0.15) is 0 Å². The van der Waals surface area contributed by atoms with Crippen molar-refractivity contribution in [2.24, 2.45) is 0 Å². The number of nitrogens with one attached hydrogen (secondary N) is 1. The maximum atomic E-state index is 10.3. The summed E-state index contributed by atoms with van der Waals surface area (Å²) in [6, 6.07) is 7.89. The summed E-state index contributed by atoms with van der Waals surface area (Å²) in [5.74, 6) is 0.262. The fraction of sp³-hybridized carbons (Fsp3) is 0.462. The first-order valence-corrected chi connectivity index (χ1v) is 7.47. The lowest BCUT2D eigenvalue weighted by molar-refractivity contribution is -0.133. The van der Waals surface area contributed by atoms with Crippen molar-refractivity contribution in [2.45, 2.75) is 12.8 Å². The van der Waals surface area contributed by atoms with Gasteiger partial charge in [0.25, 0.3) is 0 Å². The molecule has 0 bridgehead atoms. The van der Waals surface area contributed by atoms with Crippen LogP contribution in [0.25, 0.3) is 0 Å². The van der Waals surface area contributed by atoms with Gasteiger partial charge in [0.05, 0.1) is 5.75 Å². The molecule has 100 valence electrons. The highest BCUT2D eigenvalue weighted by Crippen LogP contribution is 2.16. The molecule has 0 radical (unpaired) electrons. The Hall–Kier alpha value is -0.710. The summed E-state index contributed by atoms with van der Waals surface area (Å²) >= 11 is 7.49. The normalized spacial score (nSPS) is 10.5. The van der Waals surface area contributed by atoms with Crippen LogP contribution in [0, 0.1) is 0 Å². The molecule has 3 nitrogen and oxygen atoms in total. The smallest absolute Gasteiger partial charge is 0.313 e. The van der Waals surface area contributed by atoms with E-state index in [2.05, 4.69) is 5.32 Å². The van der Waals surface area contributed by atoms with Gasteiger partial charge in [0.1, 0.15) is 0 Å². The predicted octanol–water partition coefficient (Wildman–Crippen LogP) is 2.68. The van der Waals surface area contributed by atoms with Crippen LogP contribution in [0.4, 0.5) is 0 Å². The number of halogens is 1. The largest absolute Gasteiger partial charge is 0.481 e. The van der Waals surface area contributed by atoms with Crippen molar-refractivity contribution >= 4 is 29.3 Å². The standard InChI is InChI=1S/C13H18ClNO2S/c14-12-6-2-1-4-11(12)5-3-7-15-8-9-18-10-13(16)17/h1-2,4,6,15H,3,5,7-10H2,(H,16,17). The van der Waals surface area contributed by atoms with Crippen LogP contribution in [-0.2, 0) is 11.2 Å². The molecule has 0 aliphatic rings. The van der Waals surface area contributed by atoms with E-state index in [1.165, 1.54) is 17.3 Å². The zero-order chi connectivity index (χ0) is 13.2. The van der Waals surface area contributed by atoms with Gasteiger partial charge in [-0.3, -0.25) is 4.79 Å². The number of carboxylic acids is 1. The fourth-order valence-electron chi connectivity index (χ4n) is 1.53. The Morgan fingerprint density at radius 2 is 2.11 bits per heavy atom. The zero-order valence-corrected chi connectivity index (χ0v) is 11.8. The quantitative estimate of drug-likeness (QED) is 0.686. The number of thioether (sulfide) groups is 1. The lowest BCUT2D eigenvalue weighted by atomic mass is 10.1. The average molecular weight is 288 g/mol. The Morgan fingerprint density at radius 1 is 1.33 bits per heavy atom. The maximum Gasteiger partial charge on any atom is 0.313 e. The summed E-state index contributed by atoms with van der Waals surface area (Å²) in [5, 5.41) is 12.6. The minimum absolute atomic E-state index is 0.182. The van der Waals surface area contributed by atoms with E-state index in [0.717, 1.165) is 36.7 Å². The van der Waals surface area contributed by atoms with Gasteiger partial charge in [0.2, 0.25) is 0 Å². The second-order valence-corrected chi connectivity index (χ2v) is 5.40. The molecule has 1 aromatic carbocycles. The third kappa shape index (κ3) is 6.89. The molecule has 0 aliphatic heterocycles. The van der Waals surface area contributed by atoms with Crippen molar-refractivity contribution in [3.63, 3.8) is 0 Å². The molecule has 0 saturated heterocycles. The van der Waals surface area contributed by atoms with Gasteiger partial charge >= 0.3 is 5.97 Å². The minimum atomic E-state index is -0.751. The number of hydrogen-bond donors (Lipinski definition) is 2. The molecule has 0 fully saturated rings. The van der Waals surface area contributed by atoms with E-state index >= 15 is 0 Å². The molecule has 5 heteroatoms. The Balaban J connectivity index is 1.99. The lowest BCUT2D eigenvalue weighted by Crippen LogP contribution is -2.19. The van der Waals surface area contributed by atoms with Crippen LogP contribution in [0.5, 0.6) is 0 Å². The zero-order valence-electron chi connectivity index (χ0n) is 10.2. The van der Waals surface area contributed by atoms with Gasteiger partial charge in [-0.25, -0.2) is 0 Å². The first kappa shape index (κ1) is 15.3. The monoisotopic (exact) mass is 287 g/mol. The lowest BCUT2D eigenvalue weighted by Gasteiger charge is -2.05. The van der Waals surface area contributed by atoms with E-state index < -0.39 is 5.97 Å². The summed E-state index contributed by atoms with van der Waals surface area (Å²) in [4.78, 5) is 10.3. The number of carbonyl (C=O) groups is 1. The van der Waals surface area contributed by atoms with Crippen LogP contribution in [0.2, 0.25) is 5.02 Å². The highest BCUT2D eigenvalue weighted by Gasteiger charge is 1.99. The molecule has 0 atom stereocenters. The number of benzene rings is 1. The van der Waals surface area contributed by atoms with Crippen molar-refractivity contribution in [1.82, 2.24) is 5.32 Å². The molecule has 0 aliphatic carbocycles. The van der Waals surface area contributed by atoms with Gasteiger partial charge in [-0.05, 0) is 31.0 Å². The number of carboxylic acid groups (broad SMARTS) is 1. The maximum absolute atomic E-state index is 10.3. The predicted molar refractivity (Wildman–Crippen MR) is 77.6 cm³/mol. The highest BCUT2D eigenvalue weighted by molar-refractivity contribution is 7.99. The van der Waals surface area contributed by atoms with Crippen LogP contribution in [-0.4, -0.2) is 35.7 Å². The van der Waals surface area contributed by atoms with E-state index in [-0.39, 0.29) is 5.75 Å². The van der Waals surface area contributed by atoms with Crippen LogP contribution in [0.15, 0.2) is 24.3 Å². The Bertz CT molecular complexity index is 374. The summed E-state index contributed by atoms with van der Waals surface area (Å²) in [7, 11) is 0. The van der Waals surface area contributed by atoms with Crippen molar-refractivity contribution in [1.29, 1.82) is 0 Å². The summed E-state index contributed by atoms with van der Waals surface area (Å²) in [6.45, 7) is 1.78. The highest BCUT2D eigenvalue weighted by atomic mass is 35.5. The molecule has 0 spiro atoms. The molecule has 0 unspecified atom stereocenters. The third-order valence-corrected chi connectivity index (χ3v) is 3.72. The molecule has 0 amide bonds. The number of rotatable bonds is 9. The summed E-state index contributed by atoms with van der Waals surface area (Å²) in [5.41, 5.74) is 1.18. The molecular weight excluding hydrogens is 270 g/mol. The van der Waals surface area contributed by atoms with Gasteiger partial charge in [0.15, 0.2) is 0 Å². The fourth-order valence-corrected chi connectivity index (χ4v) is 2.37. The summed E-state index contributed by atoms with van der Waals surface area (Å²) < 4.78 is 0. The molecule has 1 rings (SSSR count). The van der Waals surface area contributed by atoms with Crippen LogP contribution in [0.3, 0.4) is 0 Å². The van der Waals surface area contributed by atoms with Crippen LogP contribution < -0.4 is 5.32 Å². The second-order valence-electron chi connectivity index (χ2n) is 3.89. The first-order chi connectivity index (χ1) is 8.70. The number of hydrogen-bond acceptors (Lipinski definition) is 3. The van der Waals surface area contributed by atoms with E-state index in [4.69, 9.17) is 16.7 Å². The van der Waals surface area contributed by atoms with Crippen molar-refractivity contribution in [3.05, 3.63) is 34.9 Å². The Kier molecular flexibility index (Phi) is 7.89. The van der Waals surface area contributed by atoms with E-state index in [1.54, 1.807) is 0 Å². The molecule has 0 aromatic heterocycles. The third-order valence-electron chi connectivity index (χ3n) is 2.41. The molecule has 18 heavy (non-hydrogen) atoms. The molecule has 1 aromatic rings. The Labute approximate surface area is 117 Å². The van der Waals surface area contributed by atoms with Gasteiger partial charge in [-0.1, -0.05) is 29.8 Å². The van der Waals surface area contributed by atoms with Crippen LogP contribution >= 0.6 is 23.4 Å². The van der Waals surface area contributed by atoms with Gasteiger partial charge in [-0.15, -0.1) is 11.8 Å². The molecule has 0 heterocycles. The molecular formula is C13H18ClNO2S. The SMILES string of the molecule is O=C(O)CSCCNCCCc1ccccc1Cl. The van der Waals surface area contributed by atoms with Gasteiger partial charge < -0.3 is 10.4 Å². The van der Waals surface area contributed by atoms with Crippen molar-refractivity contribution in [2.75, 3.05) is 24.6 Å². The van der Waals surface area contributed by atoms with Crippen LogP contribution in [0.1, 0.15) is 12.0 Å². The Morgan fingerprint density at radius 3 is 2.83 bits per heavy atom. The van der Waals surface area contributed by atoms with E-state index in [0.29, 0.717) is 0 Å². The second kappa shape index (κ2) is 9.25. The van der Waals surface area contributed by atoms with Gasteiger partial charge in [0, 0.05) is 17.3 Å². The average Bonchev–Trinajstić information content (AvgIpc) is 2.34. The van der Waals surface area contributed by atoms with E-state index in [1.807, 2.05) is 24.3 Å². The molecule has 2 N–H and O–H groups in total. The van der Waals surface area contributed by atoms with Crippen molar-refractivity contribution < 1.29 is 9.90 Å². The summed E-state index contributed by atoms with van der Waals surface area (Å²) in [6.07, 6.45) is 2.00. The minimum Gasteiger partial charge on any atom is -0.481 e. The van der Waals surface area contributed by atoms with E-state index in [9.17, 15) is 4.79 Å². The number of aryl methyl sites for hydroxylation is 1. The molecule has 0 saturated carbocycles. The first-order valence-electron chi connectivity index (χ1n) is 5.94. The topological polar surface area (TPSA) is 49.3 Å². The number of aliphatic carboxylic acids is 1.